The Bertz CT molecular complexity index is 760. The van der Waals surface area contributed by atoms with Gasteiger partial charge >= 0.3 is 0 Å². The minimum Gasteiger partial charge on any atom is -0.494 e. The Morgan fingerprint density at radius 3 is 2.59 bits per heavy atom. The van der Waals surface area contributed by atoms with E-state index in [0.29, 0.717) is 12.3 Å². The van der Waals surface area contributed by atoms with E-state index in [9.17, 15) is 9.59 Å². The number of benzene rings is 2. The van der Waals surface area contributed by atoms with Crippen LogP contribution in [0.2, 0.25) is 0 Å². The van der Waals surface area contributed by atoms with Crippen LogP contribution in [0.15, 0.2) is 59.7 Å². The predicted molar refractivity (Wildman–Crippen MR) is 107 cm³/mol. The van der Waals surface area contributed by atoms with Gasteiger partial charge < -0.3 is 10.1 Å². The quantitative estimate of drug-likeness (QED) is 0.381. The summed E-state index contributed by atoms with van der Waals surface area (Å²) in [6, 6.07) is 16.6. The molecule has 0 aliphatic rings. The van der Waals surface area contributed by atoms with E-state index in [1.54, 1.807) is 18.3 Å². The van der Waals surface area contributed by atoms with Crippen molar-refractivity contribution < 1.29 is 14.3 Å². The van der Waals surface area contributed by atoms with E-state index in [1.807, 2.05) is 42.5 Å². The number of carbonyl (C=O) groups is 2. The number of amides is 2. The molecule has 0 heterocycles. The molecule has 2 aromatic rings. The molecular formula is C21H25N3O3. The van der Waals surface area contributed by atoms with Crippen LogP contribution in [0, 0.1) is 0 Å². The Kier molecular flexibility index (Phi) is 8.56. The second-order valence-corrected chi connectivity index (χ2v) is 5.98. The van der Waals surface area contributed by atoms with E-state index < -0.39 is 0 Å². The first-order valence-electron chi connectivity index (χ1n) is 9.07. The summed E-state index contributed by atoms with van der Waals surface area (Å²) in [6.07, 6.45) is 3.80. The summed E-state index contributed by atoms with van der Waals surface area (Å²) in [5.41, 5.74) is 3.97. The predicted octanol–water partition coefficient (Wildman–Crippen LogP) is 3.73. The molecule has 6 nitrogen and oxygen atoms in total. The average molecular weight is 367 g/mol. The summed E-state index contributed by atoms with van der Waals surface area (Å²) in [4.78, 5) is 23.6. The molecule has 0 aliphatic carbocycles. The minimum absolute atomic E-state index is 0.0657. The number of carbonyl (C=O) groups excluding carboxylic acids is 2. The number of hydrogen-bond donors (Lipinski definition) is 2. The zero-order valence-electron chi connectivity index (χ0n) is 15.5. The summed E-state index contributed by atoms with van der Waals surface area (Å²) in [5.74, 6) is 0.249. The van der Waals surface area contributed by atoms with Crippen LogP contribution in [-0.2, 0) is 9.59 Å². The SMILES string of the molecule is CCCCOc1cccc(C=NNC(=O)CCC(=O)Nc2ccccc2)c1. The molecule has 142 valence electrons. The highest BCUT2D eigenvalue weighted by Crippen LogP contribution is 2.12. The fourth-order valence-electron chi connectivity index (χ4n) is 2.23. The van der Waals surface area contributed by atoms with Gasteiger partial charge in [0.25, 0.3) is 0 Å². The fraction of sp³-hybridized carbons (Fsp3) is 0.286. The van der Waals surface area contributed by atoms with E-state index >= 15 is 0 Å². The fourth-order valence-corrected chi connectivity index (χ4v) is 2.23. The van der Waals surface area contributed by atoms with E-state index in [2.05, 4.69) is 22.8 Å². The molecule has 0 spiro atoms. The third kappa shape index (κ3) is 8.18. The van der Waals surface area contributed by atoms with Gasteiger partial charge in [0, 0.05) is 18.5 Å². The molecular weight excluding hydrogens is 342 g/mol. The van der Waals surface area contributed by atoms with E-state index in [4.69, 9.17) is 4.74 Å². The normalized spacial score (nSPS) is 10.6. The minimum atomic E-state index is -0.315. The molecule has 2 amide bonds. The Balaban J connectivity index is 1.71. The van der Waals surface area contributed by atoms with Gasteiger partial charge in [-0.3, -0.25) is 9.59 Å². The van der Waals surface area contributed by atoms with Crippen LogP contribution in [0.4, 0.5) is 5.69 Å². The molecule has 0 saturated heterocycles. The van der Waals surface area contributed by atoms with Gasteiger partial charge in [0.1, 0.15) is 5.75 Å². The summed E-state index contributed by atoms with van der Waals surface area (Å²) < 4.78 is 5.63. The van der Waals surface area contributed by atoms with Crippen LogP contribution in [0.5, 0.6) is 5.75 Å². The largest absolute Gasteiger partial charge is 0.494 e. The maximum Gasteiger partial charge on any atom is 0.240 e. The van der Waals surface area contributed by atoms with Crippen LogP contribution >= 0.6 is 0 Å². The number of rotatable bonds is 10. The highest BCUT2D eigenvalue weighted by atomic mass is 16.5. The number of nitrogens with one attached hydrogen (secondary N) is 2. The maximum atomic E-state index is 11.8. The van der Waals surface area contributed by atoms with Gasteiger partial charge in [-0.2, -0.15) is 5.10 Å². The van der Waals surface area contributed by atoms with Gasteiger partial charge in [-0.05, 0) is 36.2 Å². The third-order valence-electron chi connectivity index (χ3n) is 3.66. The Hall–Kier alpha value is -3.15. The van der Waals surface area contributed by atoms with Crippen molar-refractivity contribution >= 4 is 23.7 Å². The molecule has 0 unspecified atom stereocenters. The molecule has 0 radical (unpaired) electrons. The van der Waals surface area contributed by atoms with Gasteiger partial charge in [-0.1, -0.05) is 43.7 Å². The van der Waals surface area contributed by atoms with Gasteiger partial charge in [0.05, 0.1) is 12.8 Å². The molecule has 0 atom stereocenters. The lowest BCUT2D eigenvalue weighted by Gasteiger charge is -2.05. The van der Waals surface area contributed by atoms with Crippen LogP contribution in [0.25, 0.3) is 0 Å². The van der Waals surface area contributed by atoms with Crippen molar-refractivity contribution in [3.63, 3.8) is 0 Å². The van der Waals surface area contributed by atoms with Crippen molar-refractivity contribution in [3.8, 4) is 5.75 Å². The molecule has 2 rings (SSSR count). The maximum absolute atomic E-state index is 11.8. The van der Waals surface area contributed by atoms with Crippen molar-refractivity contribution in [1.29, 1.82) is 0 Å². The number of para-hydroxylation sites is 1. The highest BCUT2D eigenvalue weighted by Gasteiger charge is 2.06. The second-order valence-electron chi connectivity index (χ2n) is 5.98. The zero-order chi connectivity index (χ0) is 19.3. The number of ether oxygens (including phenoxy) is 1. The van der Waals surface area contributed by atoms with Crippen LogP contribution in [-0.4, -0.2) is 24.6 Å². The van der Waals surface area contributed by atoms with Gasteiger partial charge in [0.2, 0.25) is 11.8 Å². The van der Waals surface area contributed by atoms with E-state index in [0.717, 1.165) is 24.2 Å². The Morgan fingerprint density at radius 2 is 1.81 bits per heavy atom. The van der Waals surface area contributed by atoms with Crippen molar-refractivity contribution in [2.75, 3.05) is 11.9 Å². The highest BCUT2D eigenvalue weighted by molar-refractivity contribution is 5.93. The smallest absolute Gasteiger partial charge is 0.240 e. The average Bonchev–Trinajstić information content (AvgIpc) is 2.68. The molecule has 0 bridgehead atoms. The van der Waals surface area contributed by atoms with E-state index in [1.165, 1.54) is 0 Å². The monoisotopic (exact) mass is 367 g/mol. The summed E-state index contributed by atoms with van der Waals surface area (Å²) in [6.45, 7) is 2.79. The molecule has 2 aromatic carbocycles. The number of unbranched alkanes of at least 4 members (excludes halogenated alkanes) is 1. The third-order valence-corrected chi connectivity index (χ3v) is 3.66. The van der Waals surface area contributed by atoms with Crippen molar-refractivity contribution in [1.82, 2.24) is 5.43 Å². The molecule has 0 saturated carbocycles. The number of anilines is 1. The lowest BCUT2D eigenvalue weighted by molar-refractivity contribution is -0.124. The summed E-state index contributed by atoms with van der Waals surface area (Å²) in [7, 11) is 0. The van der Waals surface area contributed by atoms with Crippen molar-refractivity contribution in [2.45, 2.75) is 32.6 Å². The number of hydrazone groups is 1. The first-order valence-corrected chi connectivity index (χ1v) is 9.07. The summed E-state index contributed by atoms with van der Waals surface area (Å²) >= 11 is 0. The van der Waals surface area contributed by atoms with Gasteiger partial charge in [-0.15, -0.1) is 0 Å². The second kappa shape index (κ2) is 11.5. The Morgan fingerprint density at radius 1 is 1.04 bits per heavy atom. The van der Waals surface area contributed by atoms with Crippen LogP contribution in [0.1, 0.15) is 38.2 Å². The topological polar surface area (TPSA) is 79.8 Å². The summed E-state index contributed by atoms with van der Waals surface area (Å²) in [5, 5.41) is 6.66. The number of nitrogens with zero attached hydrogens (tertiary/aromatic N) is 1. The van der Waals surface area contributed by atoms with Crippen molar-refractivity contribution in [2.24, 2.45) is 5.10 Å². The first kappa shape index (κ1) is 20.2. The van der Waals surface area contributed by atoms with Crippen molar-refractivity contribution in [3.05, 3.63) is 60.2 Å². The molecule has 0 aliphatic heterocycles. The lowest BCUT2D eigenvalue weighted by atomic mass is 10.2. The van der Waals surface area contributed by atoms with E-state index in [-0.39, 0.29) is 24.7 Å². The molecule has 27 heavy (non-hydrogen) atoms. The molecule has 0 aromatic heterocycles. The van der Waals surface area contributed by atoms with Crippen LogP contribution in [0.3, 0.4) is 0 Å². The van der Waals surface area contributed by atoms with Gasteiger partial charge in [-0.25, -0.2) is 5.43 Å². The lowest BCUT2D eigenvalue weighted by Crippen LogP contribution is -2.20. The van der Waals surface area contributed by atoms with Gasteiger partial charge in [0.15, 0.2) is 0 Å². The first-order chi connectivity index (χ1) is 13.2. The number of hydrogen-bond acceptors (Lipinski definition) is 4. The molecule has 2 N–H and O–H groups in total. The zero-order valence-corrected chi connectivity index (χ0v) is 15.5. The Labute approximate surface area is 159 Å². The molecule has 6 heteroatoms. The molecule has 0 fully saturated rings. The standard InChI is InChI=1S/C21H25N3O3/c1-2-3-14-27-19-11-7-8-17(15-19)16-22-24-21(26)13-12-20(25)23-18-9-5-4-6-10-18/h4-11,15-16H,2-3,12-14H2,1H3,(H,23,25)(H,24,26). The van der Waals surface area contributed by atoms with Crippen LogP contribution < -0.4 is 15.5 Å².